The molecule has 0 bridgehead atoms. The average molecular weight is 253 g/mol. The minimum absolute atomic E-state index is 0.554. The van der Waals surface area contributed by atoms with Crippen LogP contribution >= 0.6 is 11.6 Å². The van der Waals surface area contributed by atoms with E-state index < -0.39 is 0 Å². The molecule has 0 amide bonds. The Kier molecular flexibility index (Phi) is 4.66. The lowest BCUT2D eigenvalue weighted by Gasteiger charge is -2.34. The maximum atomic E-state index is 5.96. The third-order valence-corrected chi connectivity index (χ3v) is 3.96. The lowest BCUT2D eigenvalue weighted by Crippen LogP contribution is -2.34. The van der Waals surface area contributed by atoms with E-state index in [1.807, 2.05) is 12.4 Å². The standard InChI is InChI=1S/C14H21ClN2/c1-2-3-12-5-8-17(9-6-12)14-4-7-16-11-13(14)10-15/h4,7,11-12H,2-3,5-6,8-10H2,1H3. The van der Waals surface area contributed by atoms with Gasteiger partial charge in [0.1, 0.15) is 0 Å². The van der Waals surface area contributed by atoms with Crippen molar-refractivity contribution in [3.63, 3.8) is 0 Å². The Bertz CT molecular complexity index is 346. The van der Waals surface area contributed by atoms with E-state index in [-0.39, 0.29) is 0 Å². The highest BCUT2D eigenvalue weighted by Gasteiger charge is 2.20. The van der Waals surface area contributed by atoms with Crippen LogP contribution in [-0.2, 0) is 5.88 Å². The number of hydrogen-bond acceptors (Lipinski definition) is 2. The SMILES string of the molecule is CCCC1CCN(c2ccncc2CCl)CC1. The fraction of sp³-hybridized carbons (Fsp3) is 0.643. The van der Waals surface area contributed by atoms with Crippen molar-refractivity contribution in [2.75, 3.05) is 18.0 Å². The molecule has 0 saturated carbocycles. The number of halogens is 1. The van der Waals surface area contributed by atoms with Crippen LogP contribution in [0.15, 0.2) is 18.5 Å². The molecule has 0 unspecified atom stereocenters. The highest BCUT2D eigenvalue weighted by molar-refractivity contribution is 6.17. The smallest absolute Gasteiger partial charge is 0.0509 e. The van der Waals surface area contributed by atoms with Crippen LogP contribution < -0.4 is 4.90 Å². The van der Waals surface area contributed by atoms with Gasteiger partial charge in [0.15, 0.2) is 0 Å². The van der Waals surface area contributed by atoms with Crippen LogP contribution in [0.3, 0.4) is 0 Å². The summed E-state index contributed by atoms with van der Waals surface area (Å²) in [6.45, 7) is 4.61. The molecular weight excluding hydrogens is 232 g/mol. The Labute approximate surface area is 109 Å². The summed E-state index contributed by atoms with van der Waals surface area (Å²) in [5, 5.41) is 0. The third-order valence-electron chi connectivity index (χ3n) is 3.67. The Morgan fingerprint density at radius 2 is 2.18 bits per heavy atom. The molecule has 1 aliphatic rings. The van der Waals surface area contributed by atoms with Crippen molar-refractivity contribution >= 4 is 17.3 Å². The second-order valence-corrected chi connectivity index (χ2v) is 5.12. The molecule has 0 radical (unpaired) electrons. The van der Waals surface area contributed by atoms with E-state index in [9.17, 15) is 0 Å². The largest absolute Gasteiger partial charge is 0.371 e. The Morgan fingerprint density at radius 3 is 2.82 bits per heavy atom. The predicted molar refractivity (Wildman–Crippen MR) is 73.6 cm³/mol. The van der Waals surface area contributed by atoms with Crippen LogP contribution in [0.1, 0.15) is 38.2 Å². The quantitative estimate of drug-likeness (QED) is 0.757. The van der Waals surface area contributed by atoms with E-state index >= 15 is 0 Å². The summed E-state index contributed by atoms with van der Waals surface area (Å²) < 4.78 is 0. The second kappa shape index (κ2) is 6.25. The van der Waals surface area contributed by atoms with Crippen molar-refractivity contribution in [3.05, 3.63) is 24.0 Å². The number of piperidine rings is 1. The van der Waals surface area contributed by atoms with E-state index in [1.165, 1.54) is 44.5 Å². The second-order valence-electron chi connectivity index (χ2n) is 4.86. The first-order valence-electron chi connectivity index (χ1n) is 6.59. The van der Waals surface area contributed by atoms with Gasteiger partial charge in [-0.2, -0.15) is 0 Å². The van der Waals surface area contributed by atoms with Gasteiger partial charge in [0, 0.05) is 36.7 Å². The molecule has 2 heterocycles. The summed E-state index contributed by atoms with van der Waals surface area (Å²) in [4.78, 5) is 6.61. The van der Waals surface area contributed by atoms with Crippen LogP contribution in [0, 0.1) is 5.92 Å². The Morgan fingerprint density at radius 1 is 1.41 bits per heavy atom. The normalized spacial score (nSPS) is 17.4. The molecule has 1 fully saturated rings. The summed E-state index contributed by atoms with van der Waals surface area (Å²) in [5.74, 6) is 1.48. The van der Waals surface area contributed by atoms with Crippen LogP contribution in [0.25, 0.3) is 0 Å². The van der Waals surface area contributed by atoms with Gasteiger partial charge in [-0.25, -0.2) is 0 Å². The minimum atomic E-state index is 0.554. The lowest BCUT2D eigenvalue weighted by molar-refractivity contribution is 0.378. The lowest BCUT2D eigenvalue weighted by atomic mass is 9.92. The molecule has 3 heteroatoms. The molecule has 1 aliphatic heterocycles. The topological polar surface area (TPSA) is 16.1 Å². The molecule has 1 saturated heterocycles. The molecule has 0 atom stereocenters. The molecule has 2 rings (SSSR count). The zero-order valence-electron chi connectivity index (χ0n) is 10.5. The van der Waals surface area contributed by atoms with Gasteiger partial charge in [-0.1, -0.05) is 19.8 Å². The van der Waals surface area contributed by atoms with E-state index in [2.05, 4.69) is 22.9 Å². The number of nitrogens with zero attached hydrogens (tertiary/aromatic N) is 2. The molecule has 0 spiro atoms. The van der Waals surface area contributed by atoms with Gasteiger partial charge < -0.3 is 4.90 Å². The minimum Gasteiger partial charge on any atom is -0.371 e. The van der Waals surface area contributed by atoms with Crippen molar-refractivity contribution in [3.8, 4) is 0 Å². The van der Waals surface area contributed by atoms with E-state index in [4.69, 9.17) is 11.6 Å². The first kappa shape index (κ1) is 12.7. The Balaban J connectivity index is 2.00. The first-order valence-corrected chi connectivity index (χ1v) is 7.12. The number of rotatable bonds is 4. The zero-order valence-corrected chi connectivity index (χ0v) is 11.3. The van der Waals surface area contributed by atoms with Gasteiger partial charge in [-0.05, 0) is 24.8 Å². The Hall–Kier alpha value is -0.760. The van der Waals surface area contributed by atoms with Gasteiger partial charge in [-0.15, -0.1) is 11.6 Å². The predicted octanol–water partition coefficient (Wildman–Crippen LogP) is 3.84. The molecular formula is C14H21ClN2. The summed E-state index contributed by atoms with van der Waals surface area (Å²) in [5.41, 5.74) is 2.44. The van der Waals surface area contributed by atoms with Crippen molar-refractivity contribution in [1.82, 2.24) is 4.98 Å². The highest BCUT2D eigenvalue weighted by Crippen LogP contribution is 2.28. The number of hydrogen-bond donors (Lipinski definition) is 0. The summed E-state index contributed by atoms with van der Waals surface area (Å²) in [6.07, 6.45) is 9.08. The fourth-order valence-electron chi connectivity index (χ4n) is 2.70. The number of alkyl halides is 1. The molecule has 1 aromatic rings. The van der Waals surface area contributed by atoms with Crippen LogP contribution in [0.5, 0.6) is 0 Å². The van der Waals surface area contributed by atoms with Crippen LogP contribution in [0.4, 0.5) is 5.69 Å². The molecule has 0 aromatic carbocycles. The van der Waals surface area contributed by atoms with E-state index in [1.54, 1.807) is 0 Å². The van der Waals surface area contributed by atoms with Gasteiger partial charge in [-0.3, -0.25) is 4.98 Å². The molecule has 94 valence electrons. The van der Waals surface area contributed by atoms with Gasteiger partial charge in [0.05, 0.1) is 5.88 Å². The first-order chi connectivity index (χ1) is 8.35. The average Bonchev–Trinajstić information content (AvgIpc) is 2.40. The number of pyridine rings is 1. The molecule has 0 aliphatic carbocycles. The van der Waals surface area contributed by atoms with Crippen LogP contribution in [0.2, 0.25) is 0 Å². The highest BCUT2D eigenvalue weighted by atomic mass is 35.5. The van der Waals surface area contributed by atoms with Crippen LogP contribution in [-0.4, -0.2) is 18.1 Å². The number of anilines is 1. The fourth-order valence-corrected chi connectivity index (χ4v) is 2.91. The van der Waals surface area contributed by atoms with Crippen molar-refractivity contribution in [2.45, 2.75) is 38.5 Å². The molecule has 2 nitrogen and oxygen atoms in total. The maximum Gasteiger partial charge on any atom is 0.0509 e. The van der Waals surface area contributed by atoms with Gasteiger partial charge >= 0.3 is 0 Å². The third kappa shape index (κ3) is 3.12. The maximum absolute atomic E-state index is 5.96. The zero-order chi connectivity index (χ0) is 12.1. The summed E-state index contributed by atoms with van der Waals surface area (Å²) in [7, 11) is 0. The summed E-state index contributed by atoms with van der Waals surface area (Å²) >= 11 is 5.96. The van der Waals surface area contributed by atoms with Crippen molar-refractivity contribution in [2.24, 2.45) is 5.92 Å². The van der Waals surface area contributed by atoms with Crippen molar-refractivity contribution < 1.29 is 0 Å². The van der Waals surface area contributed by atoms with Crippen molar-refractivity contribution in [1.29, 1.82) is 0 Å². The van der Waals surface area contributed by atoms with Gasteiger partial charge in [0.25, 0.3) is 0 Å². The molecule has 0 N–H and O–H groups in total. The van der Waals surface area contributed by atoms with E-state index in [0.717, 1.165) is 11.5 Å². The van der Waals surface area contributed by atoms with Gasteiger partial charge in [0.2, 0.25) is 0 Å². The molecule has 17 heavy (non-hydrogen) atoms. The molecule has 1 aromatic heterocycles. The monoisotopic (exact) mass is 252 g/mol. The van der Waals surface area contributed by atoms with E-state index in [0.29, 0.717) is 5.88 Å². The summed E-state index contributed by atoms with van der Waals surface area (Å²) in [6, 6.07) is 2.10. The number of aromatic nitrogens is 1.